The topological polar surface area (TPSA) is 36.9 Å². The van der Waals surface area contributed by atoms with Crippen LogP contribution in [0.15, 0.2) is 134 Å². The Morgan fingerprint density at radius 2 is 0.915 bits per heavy atom. The molecule has 1 aliphatic carbocycles. The lowest BCUT2D eigenvalue weighted by molar-refractivity contribution is -0.0405. The monoisotopic (exact) mass is 790 g/mol. The number of ether oxygens (including phenoxy) is 4. The zero-order chi connectivity index (χ0) is 42.3. The van der Waals surface area contributed by atoms with Crippen molar-refractivity contribution < 1.29 is 18.9 Å². The molecule has 310 valence electrons. The third-order valence-electron chi connectivity index (χ3n) is 11.8. The van der Waals surface area contributed by atoms with E-state index in [4.69, 9.17) is 18.9 Å². The fraction of sp³-hybridized carbons (Fsp3) is 0.382. The van der Waals surface area contributed by atoms with Crippen molar-refractivity contribution in [2.24, 2.45) is 0 Å². The van der Waals surface area contributed by atoms with Gasteiger partial charge in [-0.15, -0.1) is 0 Å². The Kier molecular flexibility index (Phi) is 13.4. The van der Waals surface area contributed by atoms with Gasteiger partial charge in [-0.1, -0.05) is 122 Å². The maximum Gasteiger partial charge on any atom is 0.120 e. The molecule has 0 atom stereocenters. The molecule has 1 aliphatic rings. The van der Waals surface area contributed by atoms with Crippen LogP contribution in [0.4, 0.5) is 0 Å². The maximum absolute atomic E-state index is 6.61. The summed E-state index contributed by atoms with van der Waals surface area (Å²) in [6, 6.07) is 43.6. The van der Waals surface area contributed by atoms with E-state index >= 15 is 0 Å². The largest absolute Gasteiger partial charge is 0.488 e. The molecule has 6 rings (SSSR count). The highest BCUT2D eigenvalue weighted by Crippen LogP contribution is 2.49. The van der Waals surface area contributed by atoms with Crippen LogP contribution >= 0.6 is 0 Å². The molecule has 0 heterocycles. The van der Waals surface area contributed by atoms with E-state index in [1.165, 1.54) is 33.4 Å². The Morgan fingerprint density at radius 1 is 0.508 bits per heavy atom. The van der Waals surface area contributed by atoms with Gasteiger partial charge in [0.1, 0.15) is 22.7 Å². The van der Waals surface area contributed by atoms with Gasteiger partial charge in [0.2, 0.25) is 0 Å². The summed E-state index contributed by atoms with van der Waals surface area (Å²) < 4.78 is 26.1. The number of fused-ring (bicyclic) bond motifs is 1. The molecule has 0 aromatic heterocycles. The molecule has 4 nitrogen and oxygen atoms in total. The van der Waals surface area contributed by atoms with Gasteiger partial charge in [-0.2, -0.15) is 0 Å². The average Bonchev–Trinajstić information content (AvgIpc) is 3.58. The third kappa shape index (κ3) is 11.4. The van der Waals surface area contributed by atoms with Crippen LogP contribution in [-0.2, 0) is 34.2 Å². The lowest BCUT2D eigenvalue weighted by atomic mass is 9.70. The first-order chi connectivity index (χ1) is 28.0. The quantitative estimate of drug-likeness (QED) is 0.0787. The van der Waals surface area contributed by atoms with Crippen molar-refractivity contribution in [3.8, 4) is 11.5 Å². The van der Waals surface area contributed by atoms with Crippen LogP contribution in [0.3, 0.4) is 0 Å². The fourth-order valence-electron chi connectivity index (χ4n) is 8.51. The smallest absolute Gasteiger partial charge is 0.120 e. The zero-order valence-corrected chi connectivity index (χ0v) is 36.9. The molecule has 5 aromatic rings. The Morgan fingerprint density at radius 3 is 1.32 bits per heavy atom. The summed E-state index contributed by atoms with van der Waals surface area (Å²) in [4.78, 5) is 0. The van der Waals surface area contributed by atoms with Gasteiger partial charge in [-0.3, -0.25) is 0 Å². The summed E-state index contributed by atoms with van der Waals surface area (Å²) in [5, 5.41) is 0. The van der Waals surface area contributed by atoms with Crippen molar-refractivity contribution in [3.63, 3.8) is 0 Å². The molecule has 0 saturated carbocycles. The number of aryl methyl sites for hydroxylation is 1. The van der Waals surface area contributed by atoms with Crippen LogP contribution in [0, 0.1) is 0 Å². The lowest BCUT2D eigenvalue weighted by Crippen LogP contribution is -2.34. The Labute approximate surface area is 355 Å². The summed E-state index contributed by atoms with van der Waals surface area (Å²) in [6.45, 7) is 26.1. The van der Waals surface area contributed by atoms with Gasteiger partial charge in [0.15, 0.2) is 0 Å². The second kappa shape index (κ2) is 18.2. The molecule has 0 radical (unpaired) electrons. The molecule has 4 heteroatoms. The van der Waals surface area contributed by atoms with Crippen molar-refractivity contribution >= 4 is 12.2 Å². The number of hydrogen-bond acceptors (Lipinski definition) is 4. The van der Waals surface area contributed by atoms with Gasteiger partial charge in [-0.05, 0) is 137 Å². The van der Waals surface area contributed by atoms with Gasteiger partial charge in [-0.25, -0.2) is 0 Å². The molecule has 0 N–H and O–H groups in total. The van der Waals surface area contributed by atoms with Gasteiger partial charge >= 0.3 is 0 Å². The zero-order valence-electron chi connectivity index (χ0n) is 36.9. The number of benzene rings is 5. The summed E-state index contributed by atoms with van der Waals surface area (Å²) in [5.74, 6) is 1.73. The average molecular weight is 791 g/mol. The van der Waals surface area contributed by atoms with Gasteiger partial charge in [0.05, 0.1) is 24.4 Å². The van der Waals surface area contributed by atoms with Crippen LogP contribution in [0.25, 0.3) is 12.2 Å². The normalized spacial score (nSPS) is 14.1. The first-order valence-corrected chi connectivity index (χ1v) is 21.4. The van der Waals surface area contributed by atoms with E-state index in [0.717, 1.165) is 61.2 Å². The molecule has 0 fully saturated rings. The standard InChI is InChI=1S/C55H66O4/c1-11-41-17-21-43(22-18-41)39-53(7,8)56-37-35-51(3,4)58-48-29-25-46(26-30-48)55(34-33-45-15-13-14-16-50(45)55)47-27-31-49(32-28-47)59-52(5,6)36-38-57-54(9,10)40-44-23-19-42(12-2)20-24-44/h11-32H,1-2,33-40H2,3-10H3. The second-order valence-electron chi connectivity index (χ2n) is 18.8. The lowest BCUT2D eigenvalue weighted by Gasteiger charge is -2.34. The molecule has 5 aromatic carbocycles. The van der Waals surface area contributed by atoms with Gasteiger partial charge in [0, 0.05) is 31.1 Å². The van der Waals surface area contributed by atoms with E-state index < -0.39 is 11.2 Å². The van der Waals surface area contributed by atoms with Crippen molar-refractivity contribution in [3.05, 3.63) is 179 Å². The molecule has 0 bridgehead atoms. The summed E-state index contributed by atoms with van der Waals surface area (Å²) >= 11 is 0. The Hall–Kier alpha value is -4.90. The minimum Gasteiger partial charge on any atom is -0.488 e. The van der Waals surface area contributed by atoms with Crippen molar-refractivity contribution in [1.82, 2.24) is 0 Å². The molecule has 0 saturated heterocycles. The molecular formula is C55H66O4. The summed E-state index contributed by atoms with van der Waals surface area (Å²) in [5.41, 5.74) is 8.45. The van der Waals surface area contributed by atoms with Crippen LogP contribution < -0.4 is 9.47 Å². The van der Waals surface area contributed by atoms with Crippen LogP contribution in [0.1, 0.15) is 119 Å². The third-order valence-corrected chi connectivity index (χ3v) is 11.8. The summed E-state index contributed by atoms with van der Waals surface area (Å²) in [6.07, 6.45) is 8.99. The highest BCUT2D eigenvalue weighted by atomic mass is 16.5. The van der Waals surface area contributed by atoms with E-state index in [1.54, 1.807) is 0 Å². The fourth-order valence-corrected chi connectivity index (χ4v) is 8.51. The predicted molar refractivity (Wildman–Crippen MR) is 247 cm³/mol. The number of rotatable bonds is 20. The minimum absolute atomic E-state index is 0.268. The minimum atomic E-state index is -0.398. The Balaban J connectivity index is 1.08. The highest BCUT2D eigenvalue weighted by Gasteiger charge is 2.42. The predicted octanol–water partition coefficient (Wildman–Crippen LogP) is 13.4. The van der Waals surface area contributed by atoms with Gasteiger partial charge < -0.3 is 18.9 Å². The maximum atomic E-state index is 6.61. The van der Waals surface area contributed by atoms with E-state index in [0.29, 0.717) is 13.2 Å². The first kappa shape index (κ1) is 43.7. The van der Waals surface area contributed by atoms with E-state index in [-0.39, 0.29) is 16.6 Å². The van der Waals surface area contributed by atoms with E-state index in [9.17, 15) is 0 Å². The van der Waals surface area contributed by atoms with Crippen molar-refractivity contribution in [2.75, 3.05) is 13.2 Å². The molecular weight excluding hydrogens is 725 g/mol. The van der Waals surface area contributed by atoms with Crippen molar-refractivity contribution in [1.29, 1.82) is 0 Å². The second-order valence-corrected chi connectivity index (χ2v) is 18.8. The summed E-state index contributed by atoms with van der Waals surface area (Å²) in [7, 11) is 0. The molecule has 0 unspecified atom stereocenters. The van der Waals surface area contributed by atoms with E-state index in [2.05, 4.69) is 190 Å². The van der Waals surface area contributed by atoms with Gasteiger partial charge in [0.25, 0.3) is 0 Å². The number of hydrogen-bond donors (Lipinski definition) is 0. The highest BCUT2D eigenvalue weighted by molar-refractivity contribution is 5.57. The van der Waals surface area contributed by atoms with Crippen LogP contribution in [-0.4, -0.2) is 35.6 Å². The van der Waals surface area contributed by atoms with Crippen LogP contribution in [0.5, 0.6) is 11.5 Å². The molecule has 59 heavy (non-hydrogen) atoms. The molecule has 0 amide bonds. The Bertz CT molecular complexity index is 2010. The SMILES string of the molecule is C=Cc1ccc(CC(C)(C)OCCC(C)(C)Oc2ccc(C3(c4ccc(OC(C)(C)CCOC(C)(C)Cc5ccc(C=C)cc5)cc4)CCc4ccccc43)cc2)cc1. The van der Waals surface area contributed by atoms with Crippen molar-refractivity contribution in [2.45, 2.75) is 122 Å². The molecule has 0 aliphatic heterocycles. The van der Waals surface area contributed by atoms with Crippen LogP contribution in [0.2, 0.25) is 0 Å². The first-order valence-electron chi connectivity index (χ1n) is 21.4. The molecule has 0 spiro atoms. The van der Waals surface area contributed by atoms with E-state index in [1.807, 2.05) is 12.2 Å².